The van der Waals surface area contributed by atoms with Crippen LogP contribution in [-0.4, -0.2) is 30.1 Å². The van der Waals surface area contributed by atoms with Crippen molar-refractivity contribution in [2.24, 2.45) is 5.16 Å². The Morgan fingerprint density at radius 3 is 2.80 bits per heavy atom. The fraction of sp³-hybridized carbons (Fsp3) is 0.231. The van der Waals surface area contributed by atoms with Crippen molar-refractivity contribution >= 4 is 33.8 Å². The van der Waals surface area contributed by atoms with Crippen LogP contribution in [-0.2, 0) is 0 Å². The summed E-state index contributed by atoms with van der Waals surface area (Å²) in [5.74, 6) is 0.605. The van der Waals surface area contributed by atoms with Gasteiger partial charge >= 0.3 is 0 Å². The number of hydrogen-bond donors (Lipinski definition) is 2. The minimum Gasteiger partial charge on any atom is -0.495 e. The third-order valence-electron chi connectivity index (χ3n) is 2.74. The monoisotopic (exact) mass is 311 g/mol. The van der Waals surface area contributed by atoms with Crippen LogP contribution < -0.4 is 10.1 Å². The lowest BCUT2D eigenvalue weighted by molar-refractivity contribution is 0.319. The van der Waals surface area contributed by atoms with Gasteiger partial charge < -0.3 is 15.3 Å². The molecule has 1 aromatic heterocycles. The summed E-state index contributed by atoms with van der Waals surface area (Å²) in [6, 6.07) is 5.43. The second kappa shape index (κ2) is 6.11. The molecule has 0 fully saturated rings. The van der Waals surface area contributed by atoms with Gasteiger partial charge in [0, 0.05) is 12.6 Å². The maximum atomic E-state index is 8.98. The van der Waals surface area contributed by atoms with Gasteiger partial charge in [0.25, 0.3) is 0 Å². The molecule has 0 amide bonds. The van der Waals surface area contributed by atoms with Crippen LogP contribution in [0.1, 0.15) is 11.8 Å². The summed E-state index contributed by atoms with van der Waals surface area (Å²) in [7, 11) is 3.36. The van der Waals surface area contributed by atoms with Crippen LogP contribution in [0.3, 0.4) is 0 Å². The zero-order chi connectivity index (χ0) is 14.7. The van der Waals surface area contributed by atoms with Gasteiger partial charge in [0.05, 0.1) is 28.4 Å². The van der Waals surface area contributed by atoms with Crippen molar-refractivity contribution in [1.29, 1.82) is 0 Å². The second-order valence-corrected chi connectivity index (χ2v) is 5.39. The van der Waals surface area contributed by atoms with Gasteiger partial charge in [-0.2, -0.15) is 0 Å². The van der Waals surface area contributed by atoms with E-state index in [2.05, 4.69) is 15.5 Å². The topological polar surface area (TPSA) is 66.7 Å². The normalized spacial score (nSPS) is 11.5. The van der Waals surface area contributed by atoms with Crippen molar-refractivity contribution in [2.45, 2.75) is 6.92 Å². The molecule has 106 valence electrons. The molecule has 20 heavy (non-hydrogen) atoms. The highest BCUT2D eigenvalue weighted by Crippen LogP contribution is 2.35. The standard InChI is InChI=1S/C13H14ClN3O2S/c1-7(17-18)12-11(16-13(15-2)20-12)8-4-5-10(19-3)9(14)6-8/h4-6,18H,1-3H3,(H,15,16)/b17-7+. The van der Waals surface area contributed by atoms with Crippen LogP contribution in [0.5, 0.6) is 5.75 Å². The van der Waals surface area contributed by atoms with E-state index in [1.165, 1.54) is 11.3 Å². The summed E-state index contributed by atoms with van der Waals surface area (Å²) in [6.07, 6.45) is 0. The second-order valence-electron chi connectivity index (χ2n) is 3.98. The van der Waals surface area contributed by atoms with Crippen LogP contribution >= 0.6 is 22.9 Å². The van der Waals surface area contributed by atoms with Crippen molar-refractivity contribution in [3.05, 3.63) is 28.1 Å². The molecule has 0 atom stereocenters. The molecule has 2 N–H and O–H groups in total. The largest absolute Gasteiger partial charge is 0.495 e. The number of nitrogens with one attached hydrogen (secondary N) is 1. The highest BCUT2D eigenvalue weighted by molar-refractivity contribution is 7.18. The molecule has 0 bridgehead atoms. The third kappa shape index (κ3) is 2.71. The summed E-state index contributed by atoms with van der Waals surface area (Å²) in [6.45, 7) is 1.72. The fourth-order valence-electron chi connectivity index (χ4n) is 1.73. The molecule has 0 aliphatic carbocycles. The number of nitrogens with zero attached hydrogens (tertiary/aromatic N) is 2. The lowest BCUT2D eigenvalue weighted by atomic mass is 10.1. The van der Waals surface area contributed by atoms with Gasteiger partial charge in [0.2, 0.25) is 0 Å². The molecule has 7 heteroatoms. The van der Waals surface area contributed by atoms with Gasteiger partial charge in [-0.15, -0.1) is 0 Å². The Hall–Kier alpha value is -1.79. The predicted molar refractivity (Wildman–Crippen MR) is 82.7 cm³/mol. The minimum atomic E-state index is 0.506. The number of benzene rings is 1. The SMILES string of the molecule is CNc1nc(-c2ccc(OC)c(Cl)c2)c(/C(C)=N/O)s1. The van der Waals surface area contributed by atoms with Crippen LogP contribution in [0.2, 0.25) is 5.02 Å². The maximum absolute atomic E-state index is 8.98. The van der Waals surface area contributed by atoms with E-state index >= 15 is 0 Å². The molecule has 0 saturated carbocycles. The summed E-state index contributed by atoms with van der Waals surface area (Å²) in [5, 5.41) is 16.5. The molecular weight excluding hydrogens is 298 g/mol. The van der Waals surface area contributed by atoms with Crippen molar-refractivity contribution in [2.75, 3.05) is 19.5 Å². The zero-order valence-corrected chi connectivity index (χ0v) is 12.8. The van der Waals surface area contributed by atoms with Crippen LogP contribution in [0.25, 0.3) is 11.3 Å². The first-order chi connectivity index (χ1) is 9.60. The first kappa shape index (κ1) is 14.6. The van der Waals surface area contributed by atoms with E-state index in [-0.39, 0.29) is 0 Å². The zero-order valence-electron chi connectivity index (χ0n) is 11.3. The van der Waals surface area contributed by atoms with E-state index in [1.54, 1.807) is 33.2 Å². The number of aromatic nitrogens is 1. The first-order valence-corrected chi connectivity index (χ1v) is 7.01. The Morgan fingerprint density at radius 1 is 1.50 bits per heavy atom. The van der Waals surface area contributed by atoms with Crippen molar-refractivity contribution in [3.8, 4) is 17.0 Å². The summed E-state index contributed by atoms with van der Waals surface area (Å²) in [5.41, 5.74) is 2.07. The summed E-state index contributed by atoms with van der Waals surface area (Å²) < 4.78 is 5.14. The molecule has 1 heterocycles. The number of halogens is 1. The highest BCUT2D eigenvalue weighted by Gasteiger charge is 2.16. The lowest BCUT2D eigenvalue weighted by Gasteiger charge is -2.05. The molecule has 0 saturated heterocycles. The Morgan fingerprint density at radius 2 is 2.25 bits per heavy atom. The Kier molecular flexibility index (Phi) is 4.46. The van der Waals surface area contributed by atoms with E-state index in [9.17, 15) is 0 Å². The molecule has 0 aliphatic heterocycles. The average molecular weight is 312 g/mol. The third-order valence-corrected chi connectivity index (χ3v) is 4.22. The van der Waals surface area contributed by atoms with Crippen molar-refractivity contribution < 1.29 is 9.94 Å². The number of oxime groups is 1. The number of anilines is 1. The van der Waals surface area contributed by atoms with Crippen molar-refractivity contribution in [1.82, 2.24) is 4.98 Å². The van der Waals surface area contributed by atoms with Gasteiger partial charge in [-0.3, -0.25) is 0 Å². The van der Waals surface area contributed by atoms with E-state index in [1.807, 2.05) is 6.07 Å². The van der Waals surface area contributed by atoms with Gasteiger partial charge in [-0.1, -0.05) is 28.1 Å². The molecule has 1 aromatic carbocycles. The average Bonchev–Trinajstić information content (AvgIpc) is 2.90. The number of ether oxygens (including phenoxy) is 1. The smallest absolute Gasteiger partial charge is 0.183 e. The molecule has 0 spiro atoms. The van der Waals surface area contributed by atoms with Crippen molar-refractivity contribution in [3.63, 3.8) is 0 Å². The Labute approximate surface area is 125 Å². The minimum absolute atomic E-state index is 0.506. The molecule has 2 aromatic rings. The predicted octanol–water partition coefficient (Wildman–Crippen LogP) is 3.71. The molecular formula is C13H14ClN3O2S. The van der Waals surface area contributed by atoms with Crippen LogP contribution in [0, 0.1) is 0 Å². The molecule has 2 rings (SSSR count). The molecule has 0 aliphatic rings. The van der Waals surface area contributed by atoms with Gasteiger partial charge in [0.1, 0.15) is 5.75 Å². The quantitative estimate of drug-likeness (QED) is 0.513. The van der Waals surface area contributed by atoms with E-state index in [4.69, 9.17) is 21.5 Å². The van der Waals surface area contributed by atoms with Gasteiger partial charge in [-0.25, -0.2) is 4.98 Å². The maximum Gasteiger partial charge on any atom is 0.183 e. The summed E-state index contributed by atoms with van der Waals surface area (Å²) in [4.78, 5) is 5.27. The fourth-order valence-corrected chi connectivity index (χ4v) is 2.87. The number of rotatable bonds is 4. The van der Waals surface area contributed by atoms with Gasteiger partial charge in [-0.05, 0) is 25.1 Å². The van der Waals surface area contributed by atoms with Crippen LogP contribution in [0.4, 0.5) is 5.13 Å². The van der Waals surface area contributed by atoms with E-state index < -0.39 is 0 Å². The number of hydrogen-bond acceptors (Lipinski definition) is 6. The van der Waals surface area contributed by atoms with Gasteiger partial charge in [0.15, 0.2) is 5.13 Å². The lowest BCUT2D eigenvalue weighted by Crippen LogP contribution is -1.94. The molecule has 5 nitrogen and oxygen atoms in total. The molecule has 0 unspecified atom stereocenters. The Balaban J connectivity index is 2.56. The number of thiazole rings is 1. The number of methoxy groups -OCH3 is 1. The van der Waals surface area contributed by atoms with E-state index in [0.717, 1.165) is 21.3 Å². The Bertz CT molecular complexity index is 655. The molecule has 0 radical (unpaired) electrons. The first-order valence-electron chi connectivity index (χ1n) is 5.82. The van der Waals surface area contributed by atoms with Crippen LogP contribution in [0.15, 0.2) is 23.4 Å². The highest BCUT2D eigenvalue weighted by atomic mass is 35.5. The summed E-state index contributed by atoms with van der Waals surface area (Å²) >= 11 is 7.56. The van der Waals surface area contributed by atoms with E-state index in [0.29, 0.717) is 16.5 Å².